The molecule has 0 unspecified atom stereocenters. The van der Waals surface area contributed by atoms with Crippen molar-refractivity contribution in [2.45, 2.75) is 6.61 Å². The van der Waals surface area contributed by atoms with E-state index in [-0.39, 0.29) is 0 Å². The van der Waals surface area contributed by atoms with Gasteiger partial charge in [0.25, 0.3) is 0 Å². The number of nitrogens with two attached hydrogens (primary N) is 1. The highest BCUT2D eigenvalue weighted by atomic mass is 16.5. The number of nitrogen functional groups attached to an aromatic ring is 1. The molecule has 94 valence electrons. The van der Waals surface area contributed by atoms with Gasteiger partial charge in [-0.25, -0.2) is 9.97 Å². The average Bonchev–Trinajstić information content (AvgIpc) is 2.38. The summed E-state index contributed by atoms with van der Waals surface area (Å²) in [5.74, 6) is 1.77. The van der Waals surface area contributed by atoms with Crippen LogP contribution in [0, 0.1) is 0 Å². The van der Waals surface area contributed by atoms with Gasteiger partial charge in [0.15, 0.2) is 5.82 Å². The molecule has 0 fully saturated rings. The van der Waals surface area contributed by atoms with E-state index in [9.17, 15) is 0 Å². The molecule has 1 aromatic heterocycles. The summed E-state index contributed by atoms with van der Waals surface area (Å²) in [7, 11) is 3.22. The Bertz CT molecular complexity index is 544. The molecular weight excluding hydrogens is 230 g/mol. The zero-order chi connectivity index (χ0) is 13.0. The predicted octanol–water partition coefficient (Wildman–Crippen LogP) is 1.88. The van der Waals surface area contributed by atoms with Gasteiger partial charge < -0.3 is 15.2 Å². The van der Waals surface area contributed by atoms with Crippen LogP contribution >= 0.6 is 0 Å². The van der Waals surface area contributed by atoms with Gasteiger partial charge in [0, 0.05) is 18.7 Å². The molecule has 0 bridgehead atoms. The van der Waals surface area contributed by atoms with Crippen molar-refractivity contribution >= 4 is 5.82 Å². The number of rotatable bonds is 4. The fraction of sp³-hybridized carbons (Fsp3) is 0.231. The van der Waals surface area contributed by atoms with E-state index in [1.807, 2.05) is 24.3 Å². The van der Waals surface area contributed by atoms with Gasteiger partial charge in [0.05, 0.1) is 12.8 Å². The second kappa shape index (κ2) is 5.46. The molecule has 0 atom stereocenters. The van der Waals surface area contributed by atoms with Gasteiger partial charge in [-0.3, -0.25) is 0 Å². The van der Waals surface area contributed by atoms with Gasteiger partial charge in [0.2, 0.25) is 0 Å². The first kappa shape index (κ1) is 12.3. The minimum absolute atomic E-state index is 0.335. The highest BCUT2D eigenvalue weighted by Crippen LogP contribution is 2.23. The Morgan fingerprint density at radius 3 is 2.72 bits per heavy atom. The van der Waals surface area contributed by atoms with E-state index in [1.165, 1.54) is 0 Å². The minimum atomic E-state index is 0.335. The summed E-state index contributed by atoms with van der Waals surface area (Å²) < 4.78 is 10.2. The average molecular weight is 245 g/mol. The van der Waals surface area contributed by atoms with E-state index in [4.69, 9.17) is 15.2 Å². The van der Waals surface area contributed by atoms with Crippen LogP contribution in [0.15, 0.2) is 30.3 Å². The van der Waals surface area contributed by atoms with Crippen LogP contribution in [0.4, 0.5) is 5.82 Å². The molecule has 2 aromatic rings. The van der Waals surface area contributed by atoms with Crippen LogP contribution in [0.25, 0.3) is 11.3 Å². The monoisotopic (exact) mass is 245 g/mol. The Hall–Kier alpha value is -2.14. The molecule has 0 aliphatic heterocycles. The molecule has 0 saturated carbocycles. The van der Waals surface area contributed by atoms with Crippen molar-refractivity contribution in [3.63, 3.8) is 0 Å². The van der Waals surface area contributed by atoms with Crippen molar-refractivity contribution < 1.29 is 9.47 Å². The first-order valence-electron chi connectivity index (χ1n) is 5.49. The van der Waals surface area contributed by atoms with Crippen LogP contribution in [0.3, 0.4) is 0 Å². The third-order valence-electron chi connectivity index (χ3n) is 2.43. The largest absolute Gasteiger partial charge is 0.497 e. The molecule has 1 heterocycles. The number of methoxy groups -OCH3 is 2. The van der Waals surface area contributed by atoms with E-state index >= 15 is 0 Å². The molecule has 2 rings (SSSR count). The molecule has 0 aliphatic rings. The summed E-state index contributed by atoms with van der Waals surface area (Å²) >= 11 is 0. The first-order valence-corrected chi connectivity index (χ1v) is 5.49. The van der Waals surface area contributed by atoms with Crippen molar-refractivity contribution in [3.05, 3.63) is 36.2 Å². The maximum absolute atomic E-state index is 5.76. The summed E-state index contributed by atoms with van der Waals surface area (Å²) in [6.07, 6.45) is 0. The van der Waals surface area contributed by atoms with E-state index in [0.29, 0.717) is 18.2 Å². The second-order valence-corrected chi connectivity index (χ2v) is 3.76. The molecule has 0 amide bonds. The fourth-order valence-corrected chi connectivity index (χ4v) is 1.64. The van der Waals surface area contributed by atoms with E-state index in [0.717, 1.165) is 17.0 Å². The van der Waals surface area contributed by atoms with Crippen molar-refractivity contribution in [1.29, 1.82) is 0 Å². The highest BCUT2D eigenvalue weighted by molar-refractivity contribution is 5.63. The molecule has 5 heteroatoms. The van der Waals surface area contributed by atoms with E-state index < -0.39 is 0 Å². The van der Waals surface area contributed by atoms with Crippen LogP contribution in [0.1, 0.15) is 5.82 Å². The Labute approximate surface area is 106 Å². The Balaban J connectivity index is 2.42. The van der Waals surface area contributed by atoms with E-state index in [1.54, 1.807) is 20.3 Å². The van der Waals surface area contributed by atoms with Crippen LogP contribution < -0.4 is 10.5 Å². The van der Waals surface area contributed by atoms with Gasteiger partial charge in [-0.1, -0.05) is 12.1 Å². The summed E-state index contributed by atoms with van der Waals surface area (Å²) in [4.78, 5) is 8.50. The zero-order valence-electron chi connectivity index (χ0n) is 10.4. The summed E-state index contributed by atoms with van der Waals surface area (Å²) in [5, 5.41) is 0. The number of anilines is 1. The van der Waals surface area contributed by atoms with Crippen LogP contribution in [-0.2, 0) is 11.3 Å². The quantitative estimate of drug-likeness (QED) is 0.890. The number of aromatic nitrogens is 2. The maximum Gasteiger partial charge on any atom is 0.157 e. The topological polar surface area (TPSA) is 70.3 Å². The van der Waals surface area contributed by atoms with Crippen molar-refractivity contribution in [2.24, 2.45) is 0 Å². The first-order chi connectivity index (χ1) is 8.72. The normalized spacial score (nSPS) is 10.3. The lowest BCUT2D eigenvalue weighted by molar-refractivity contribution is 0.178. The number of nitrogens with zero attached hydrogens (tertiary/aromatic N) is 2. The standard InChI is InChI=1S/C13H15N3O2/c1-17-8-13-15-11(7-12(14)16-13)9-4-3-5-10(6-9)18-2/h3-7H,8H2,1-2H3,(H2,14,15,16). The van der Waals surface area contributed by atoms with Crippen LogP contribution in [0.2, 0.25) is 0 Å². The summed E-state index contributed by atoms with van der Waals surface area (Å²) in [6, 6.07) is 9.36. The molecule has 0 spiro atoms. The third kappa shape index (κ3) is 2.75. The number of hydrogen-bond acceptors (Lipinski definition) is 5. The lowest BCUT2D eigenvalue weighted by Crippen LogP contribution is -2.02. The third-order valence-corrected chi connectivity index (χ3v) is 2.43. The lowest BCUT2D eigenvalue weighted by atomic mass is 10.1. The molecular formula is C13H15N3O2. The molecule has 0 saturated heterocycles. The van der Waals surface area contributed by atoms with Gasteiger partial charge in [-0.2, -0.15) is 0 Å². The van der Waals surface area contributed by atoms with E-state index in [2.05, 4.69) is 9.97 Å². The molecule has 2 N–H and O–H groups in total. The Morgan fingerprint density at radius 2 is 2.00 bits per heavy atom. The highest BCUT2D eigenvalue weighted by Gasteiger charge is 2.06. The van der Waals surface area contributed by atoms with Crippen molar-refractivity contribution in [2.75, 3.05) is 20.0 Å². The van der Waals surface area contributed by atoms with Gasteiger partial charge >= 0.3 is 0 Å². The zero-order valence-corrected chi connectivity index (χ0v) is 10.4. The number of ether oxygens (including phenoxy) is 2. The van der Waals surface area contributed by atoms with Gasteiger partial charge in [-0.15, -0.1) is 0 Å². The van der Waals surface area contributed by atoms with Crippen molar-refractivity contribution in [3.8, 4) is 17.0 Å². The fourth-order valence-electron chi connectivity index (χ4n) is 1.64. The maximum atomic E-state index is 5.76. The molecule has 18 heavy (non-hydrogen) atoms. The van der Waals surface area contributed by atoms with Crippen molar-refractivity contribution in [1.82, 2.24) is 9.97 Å². The van der Waals surface area contributed by atoms with Gasteiger partial charge in [0.1, 0.15) is 18.2 Å². The molecule has 0 radical (unpaired) electrons. The van der Waals surface area contributed by atoms with Gasteiger partial charge in [-0.05, 0) is 12.1 Å². The molecule has 1 aromatic carbocycles. The van der Waals surface area contributed by atoms with Crippen LogP contribution in [-0.4, -0.2) is 24.2 Å². The van der Waals surface area contributed by atoms with Crippen LogP contribution in [0.5, 0.6) is 5.75 Å². The molecule has 5 nitrogen and oxygen atoms in total. The number of benzene rings is 1. The second-order valence-electron chi connectivity index (χ2n) is 3.76. The minimum Gasteiger partial charge on any atom is -0.497 e. The Morgan fingerprint density at radius 1 is 1.17 bits per heavy atom. The number of hydrogen-bond donors (Lipinski definition) is 1. The summed E-state index contributed by atoms with van der Waals surface area (Å²) in [5.41, 5.74) is 7.45. The molecule has 0 aliphatic carbocycles. The summed E-state index contributed by atoms with van der Waals surface area (Å²) in [6.45, 7) is 0.335. The SMILES string of the molecule is COCc1nc(N)cc(-c2cccc(OC)c2)n1. The smallest absolute Gasteiger partial charge is 0.157 e. The Kier molecular flexibility index (Phi) is 3.74. The lowest BCUT2D eigenvalue weighted by Gasteiger charge is -2.07. The predicted molar refractivity (Wildman–Crippen MR) is 69.1 cm³/mol.